The average molecular weight is 499 g/mol. The zero-order chi connectivity index (χ0) is 19.2. The van der Waals surface area contributed by atoms with Crippen LogP contribution < -0.4 is 10.6 Å². The summed E-state index contributed by atoms with van der Waals surface area (Å²) < 4.78 is 2.01. The van der Waals surface area contributed by atoms with Gasteiger partial charge in [0.2, 0.25) is 0 Å². The van der Waals surface area contributed by atoms with Crippen molar-refractivity contribution in [1.82, 2.24) is 30.4 Å². The number of halogens is 1. The van der Waals surface area contributed by atoms with Crippen LogP contribution in [0.5, 0.6) is 0 Å². The van der Waals surface area contributed by atoms with Crippen LogP contribution in [0, 0.1) is 0 Å². The molecule has 1 aliphatic heterocycles. The number of hydrogen-bond donors (Lipinski definition) is 3. The van der Waals surface area contributed by atoms with Gasteiger partial charge in [0, 0.05) is 37.3 Å². The van der Waals surface area contributed by atoms with E-state index in [4.69, 9.17) is 0 Å². The summed E-state index contributed by atoms with van der Waals surface area (Å²) in [6.07, 6.45) is 4.58. The maximum atomic E-state index is 10.3. The van der Waals surface area contributed by atoms with Gasteiger partial charge in [-0.15, -0.1) is 24.0 Å². The number of hydrogen-bond acceptors (Lipinski definition) is 5. The smallest absolute Gasteiger partial charge is 0.191 e. The van der Waals surface area contributed by atoms with E-state index in [2.05, 4.69) is 44.5 Å². The number of aliphatic hydroxyl groups excluding tert-OH is 1. The molecule has 0 radical (unpaired) electrons. The molecule has 0 bridgehead atoms. The first-order valence-corrected chi connectivity index (χ1v) is 9.63. The third-order valence-corrected chi connectivity index (χ3v) is 4.59. The lowest BCUT2D eigenvalue weighted by Gasteiger charge is -2.25. The quantitative estimate of drug-likeness (QED) is 0.320. The second-order valence-electron chi connectivity index (χ2n) is 7.12. The zero-order valence-corrected chi connectivity index (χ0v) is 19.0. The van der Waals surface area contributed by atoms with Gasteiger partial charge in [0.15, 0.2) is 11.8 Å². The van der Waals surface area contributed by atoms with Crippen LogP contribution in [0.15, 0.2) is 29.5 Å². The van der Waals surface area contributed by atoms with Gasteiger partial charge in [0.1, 0.15) is 5.82 Å². The van der Waals surface area contributed by atoms with Crippen LogP contribution in [0.3, 0.4) is 0 Å². The molecule has 2 unspecified atom stereocenters. The fourth-order valence-electron chi connectivity index (χ4n) is 3.07. The third-order valence-electron chi connectivity index (χ3n) is 4.59. The second kappa shape index (κ2) is 10.7. The molecule has 0 fully saturated rings. The molecule has 0 spiro atoms. The molecular weight excluding hydrogens is 469 g/mol. The average Bonchev–Trinajstić information content (AvgIpc) is 3.10. The normalized spacial score (nSPS) is 17.6. The van der Waals surface area contributed by atoms with Gasteiger partial charge in [-0.2, -0.15) is 5.10 Å². The Kier molecular flexibility index (Phi) is 8.61. The SMILES string of the molecule is CCNC(=NCC(O)c1ccncc1)NC1CCc2nc(C(C)C)nn2C1.I. The molecule has 2 atom stereocenters. The molecule has 3 rings (SSSR count). The summed E-state index contributed by atoms with van der Waals surface area (Å²) in [7, 11) is 0. The highest BCUT2D eigenvalue weighted by Crippen LogP contribution is 2.17. The van der Waals surface area contributed by atoms with Crippen LogP contribution in [0.4, 0.5) is 0 Å². The Hall–Kier alpha value is -1.75. The van der Waals surface area contributed by atoms with Crippen molar-refractivity contribution in [3.8, 4) is 0 Å². The predicted molar refractivity (Wildman–Crippen MR) is 120 cm³/mol. The highest BCUT2D eigenvalue weighted by molar-refractivity contribution is 14.0. The van der Waals surface area contributed by atoms with E-state index in [1.165, 1.54) is 0 Å². The highest BCUT2D eigenvalue weighted by atomic mass is 127. The monoisotopic (exact) mass is 499 g/mol. The van der Waals surface area contributed by atoms with Crippen LogP contribution in [-0.2, 0) is 13.0 Å². The van der Waals surface area contributed by atoms with Gasteiger partial charge in [-0.25, -0.2) is 9.67 Å². The van der Waals surface area contributed by atoms with E-state index in [0.29, 0.717) is 11.9 Å². The molecular formula is C19H30IN7O. The fourth-order valence-corrected chi connectivity index (χ4v) is 3.07. The first-order valence-electron chi connectivity index (χ1n) is 9.63. The van der Waals surface area contributed by atoms with Crippen molar-refractivity contribution < 1.29 is 5.11 Å². The standard InChI is InChI=1S/C19H29N7O.HI/c1-4-21-19(22-11-16(27)14-7-9-20-10-8-14)23-15-5-6-17-24-18(13(2)3)25-26(17)12-15;/h7-10,13,15-16,27H,4-6,11-12H2,1-3H3,(H2,21,22,23);1H. The maximum Gasteiger partial charge on any atom is 0.191 e. The van der Waals surface area contributed by atoms with E-state index in [1.54, 1.807) is 24.5 Å². The Labute approximate surface area is 183 Å². The number of rotatable bonds is 6. The summed E-state index contributed by atoms with van der Waals surface area (Å²) in [4.78, 5) is 13.2. The van der Waals surface area contributed by atoms with Gasteiger partial charge < -0.3 is 15.7 Å². The zero-order valence-electron chi connectivity index (χ0n) is 16.7. The highest BCUT2D eigenvalue weighted by Gasteiger charge is 2.23. The van der Waals surface area contributed by atoms with E-state index in [9.17, 15) is 5.11 Å². The van der Waals surface area contributed by atoms with Crippen molar-refractivity contribution in [2.24, 2.45) is 4.99 Å². The predicted octanol–water partition coefficient (Wildman–Crippen LogP) is 2.02. The van der Waals surface area contributed by atoms with Crippen molar-refractivity contribution in [3.05, 3.63) is 41.7 Å². The van der Waals surface area contributed by atoms with Gasteiger partial charge >= 0.3 is 0 Å². The molecule has 3 heterocycles. The first kappa shape index (κ1) is 22.5. The number of nitrogens with zero attached hydrogens (tertiary/aromatic N) is 5. The minimum atomic E-state index is -0.648. The summed E-state index contributed by atoms with van der Waals surface area (Å²) in [6, 6.07) is 3.84. The van der Waals surface area contributed by atoms with E-state index in [0.717, 1.165) is 43.1 Å². The van der Waals surface area contributed by atoms with Crippen molar-refractivity contribution in [2.75, 3.05) is 13.1 Å². The number of guanidine groups is 1. The van der Waals surface area contributed by atoms with E-state index >= 15 is 0 Å². The lowest BCUT2D eigenvalue weighted by Crippen LogP contribution is -2.47. The molecule has 0 aliphatic carbocycles. The van der Waals surface area contributed by atoms with Crippen LogP contribution in [0.2, 0.25) is 0 Å². The Bertz CT molecular complexity index is 763. The lowest BCUT2D eigenvalue weighted by molar-refractivity contribution is 0.187. The van der Waals surface area contributed by atoms with Crippen LogP contribution in [0.1, 0.15) is 56.4 Å². The molecule has 3 N–H and O–H groups in total. The summed E-state index contributed by atoms with van der Waals surface area (Å²) in [5.41, 5.74) is 0.815. The van der Waals surface area contributed by atoms with E-state index in [-0.39, 0.29) is 36.6 Å². The summed E-state index contributed by atoms with van der Waals surface area (Å²) in [5, 5.41) is 21.7. The summed E-state index contributed by atoms with van der Waals surface area (Å²) >= 11 is 0. The van der Waals surface area contributed by atoms with Crippen LogP contribution in [-0.4, -0.2) is 49.9 Å². The minimum absolute atomic E-state index is 0. The van der Waals surface area contributed by atoms with Gasteiger partial charge in [-0.3, -0.25) is 9.98 Å². The topological polar surface area (TPSA) is 100 Å². The van der Waals surface area contributed by atoms with Crippen molar-refractivity contribution in [3.63, 3.8) is 0 Å². The molecule has 0 aromatic carbocycles. The minimum Gasteiger partial charge on any atom is -0.386 e. The Morgan fingerprint density at radius 2 is 2.11 bits per heavy atom. The molecule has 0 saturated carbocycles. The summed E-state index contributed by atoms with van der Waals surface area (Å²) in [6.45, 7) is 8.07. The largest absolute Gasteiger partial charge is 0.386 e. The summed E-state index contributed by atoms with van der Waals surface area (Å²) in [5.74, 6) is 3.02. The van der Waals surface area contributed by atoms with Crippen molar-refractivity contribution >= 4 is 29.9 Å². The molecule has 0 saturated heterocycles. The first-order chi connectivity index (χ1) is 13.1. The van der Waals surface area contributed by atoms with Crippen LogP contribution >= 0.6 is 24.0 Å². The van der Waals surface area contributed by atoms with Crippen LogP contribution in [0.25, 0.3) is 0 Å². The van der Waals surface area contributed by atoms with Gasteiger partial charge in [-0.05, 0) is 31.0 Å². The molecule has 2 aromatic rings. The Morgan fingerprint density at radius 3 is 2.79 bits per heavy atom. The number of aromatic nitrogens is 4. The molecule has 8 nitrogen and oxygen atoms in total. The van der Waals surface area contributed by atoms with Crippen molar-refractivity contribution in [2.45, 2.75) is 58.2 Å². The van der Waals surface area contributed by atoms with Crippen molar-refractivity contribution in [1.29, 1.82) is 0 Å². The Balaban J connectivity index is 0.00000280. The number of pyridine rings is 1. The molecule has 1 aliphatic rings. The number of aliphatic imine (C=N–C) groups is 1. The lowest BCUT2D eigenvalue weighted by atomic mass is 10.1. The molecule has 9 heteroatoms. The van der Waals surface area contributed by atoms with Gasteiger partial charge in [0.05, 0.1) is 19.2 Å². The van der Waals surface area contributed by atoms with Gasteiger partial charge in [0.25, 0.3) is 0 Å². The molecule has 154 valence electrons. The van der Waals surface area contributed by atoms with Gasteiger partial charge in [-0.1, -0.05) is 13.8 Å². The van der Waals surface area contributed by atoms with E-state index in [1.807, 2.05) is 11.6 Å². The molecule has 0 amide bonds. The number of aliphatic hydroxyl groups is 1. The Morgan fingerprint density at radius 1 is 1.36 bits per heavy atom. The second-order valence-corrected chi connectivity index (χ2v) is 7.12. The third kappa shape index (κ3) is 5.87. The number of fused-ring (bicyclic) bond motifs is 1. The number of aryl methyl sites for hydroxylation is 1. The molecule has 28 heavy (non-hydrogen) atoms. The maximum absolute atomic E-state index is 10.3. The van der Waals surface area contributed by atoms with E-state index < -0.39 is 6.10 Å². The fraction of sp³-hybridized carbons (Fsp3) is 0.579. The number of nitrogens with one attached hydrogen (secondary N) is 2. The molecule has 2 aromatic heterocycles.